The van der Waals surface area contributed by atoms with Crippen LogP contribution in [0, 0.1) is 5.82 Å². The van der Waals surface area contributed by atoms with Gasteiger partial charge in [0.2, 0.25) is 0 Å². The summed E-state index contributed by atoms with van der Waals surface area (Å²) in [5, 5.41) is 9.94. The largest absolute Gasteiger partial charge is 0.494 e. The van der Waals surface area contributed by atoms with E-state index in [4.69, 9.17) is 4.74 Å². The molecule has 0 amide bonds. The molecule has 1 unspecified atom stereocenters. The van der Waals surface area contributed by atoms with Gasteiger partial charge in [-0.2, -0.15) is 0 Å². The van der Waals surface area contributed by atoms with Crippen LogP contribution in [-0.4, -0.2) is 22.2 Å². The maximum Gasteiger partial charge on any atom is 0.165 e. The lowest BCUT2D eigenvalue weighted by molar-refractivity contribution is 0.173. The highest BCUT2D eigenvalue weighted by molar-refractivity contribution is 5.30. The SMILES string of the molecule is COc1ccc(CC(O)c2cnccn2)cc1F. The molecule has 0 saturated carbocycles. The van der Waals surface area contributed by atoms with Gasteiger partial charge in [-0.25, -0.2) is 4.39 Å². The van der Waals surface area contributed by atoms with E-state index in [-0.39, 0.29) is 12.2 Å². The van der Waals surface area contributed by atoms with E-state index in [1.165, 1.54) is 37.8 Å². The Morgan fingerprint density at radius 3 is 2.83 bits per heavy atom. The van der Waals surface area contributed by atoms with Gasteiger partial charge in [-0.05, 0) is 17.7 Å². The Labute approximate surface area is 104 Å². The molecule has 94 valence electrons. The van der Waals surface area contributed by atoms with Gasteiger partial charge in [-0.1, -0.05) is 6.07 Å². The second-order valence-electron chi connectivity index (χ2n) is 3.82. The first kappa shape index (κ1) is 12.4. The summed E-state index contributed by atoms with van der Waals surface area (Å²) in [5.41, 5.74) is 1.14. The van der Waals surface area contributed by atoms with Gasteiger partial charge in [0.15, 0.2) is 11.6 Å². The lowest BCUT2D eigenvalue weighted by atomic mass is 10.1. The van der Waals surface area contributed by atoms with Crippen molar-refractivity contribution in [3.8, 4) is 5.75 Å². The van der Waals surface area contributed by atoms with Crippen molar-refractivity contribution in [1.29, 1.82) is 0 Å². The number of hydrogen-bond acceptors (Lipinski definition) is 4. The maximum atomic E-state index is 13.5. The number of aliphatic hydroxyl groups is 1. The summed E-state index contributed by atoms with van der Waals surface area (Å²) in [7, 11) is 1.41. The number of rotatable bonds is 4. The molecule has 5 heteroatoms. The fourth-order valence-corrected chi connectivity index (χ4v) is 1.65. The quantitative estimate of drug-likeness (QED) is 0.897. The Balaban J connectivity index is 2.12. The van der Waals surface area contributed by atoms with E-state index < -0.39 is 11.9 Å². The minimum Gasteiger partial charge on any atom is -0.494 e. The summed E-state index contributed by atoms with van der Waals surface area (Å²) < 4.78 is 18.3. The third kappa shape index (κ3) is 2.81. The van der Waals surface area contributed by atoms with Crippen molar-refractivity contribution in [2.24, 2.45) is 0 Å². The first-order valence-electron chi connectivity index (χ1n) is 5.47. The Morgan fingerprint density at radius 2 is 2.22 bits per heavy atom. The predicted molar refractivity (Wildman–Crippen MR) is 63.6 cm³/mol. The average molecular weight is 248 g/mol. The molecule has 0 saturated heterocycles. The molecule has 1 N–H and O–H groups in total. The molecule has 0 fully saturated rings. The van der Waals surface area contributed by atoms with Crippen molar-refractivity contribution in [2.75, 3.05) is 7.11 Å². The zero-order chi connectivity index (χ0) is 13.0. The van der Waals surface area contributed by atoms with Crippen LogP contribution in [0.4, 0.5) is 4.39 Å². The number of nitrogens with zero attached hydrogens (tertiary/aromatic N) is 2. The Hall–Kier alpha value is -2.01. The smallest absolute Gasteiger partial charge is 0.165 e. The molecule has 2 aromatic rings. The van der Waals surface area contributed by atoms with Gasteiger partial charge in [0.1, 0.15) is 6.10 Å². The van der Waals surface area contributed by atoms with Crippen LogP contribution >= 0.6 is 0 Å². The van der Waals surface area contributed by atoms with Gasteiger partial charge in [-0.3, -0.25) is 9.97 Å². The van der Waals surface area contributed by atoms with Crippen LogP contribution in [0.1, 0.15) is 17.4 Å². The van der Waals surface area contributed by atoms with E-state index in [1.54, 1.807) is 6.07 Å². The molecule has 1 aromatic heterocycles. The van der Waals surface area contributed by atoms with E-state index in [2.05, 4.69) is 9.97 Å². The summed E-state index contributed by atoms with van der Waals surface area (Å²) in [4.78, 5) is 7.88. The molecule has 0 aliphatic rings. The van der Waals surface area contributed by atoms with Crippen LogP contribution in [0.25, 0.3) is 0 Å². The van der Waals surface area contributed by atoms with Crippen LogP contribution in [0.3, 0.4) is 0 Å². The van der Waals surface area contributed by atoms with Gasteiger partial charge >= 0.3 is 0 Å². The van der Waals surface area contributed by atoms with Crippen molar-refractivity contribution < 1.29 is 14.2 Å². The first-order chi connectivity index (χ1) is 8.70. The highest BCUT2D eigenvalue weighted by atomic mass is 19.1. The number of aliphatic hydroxyl groups excluding tert-OH is 1. The normalized spacial score (nSPS) is 12.2. The highest BCUT2D eigenvalue weighted by Gasteiger charge is 2.11. The molecule has 0 bridgehead atoms. The Morgan fingerprint density at radius 1 is 1.39 bits per heavy atom. The minimum atomic E-state index is -0.800. The second-order valence-corrected chi connectivity index (χ2v) is 3.82. The van der Waals surface area contributed by atoms with Crippen molar-refractivity contribution in [1.82, 2.24) is 9.97 Å². The van der Waals surface area contributed by atoms with E-state index in [1.807, 2.05) is 0 Å². The first-order valence-corrected chi connectivity index (χ1v) is 5.47. The number of methoxy groups -OCH3 is 1. The van der Waals surface area contributed by atoms with Crippen molar-refractivity contribution >= 4 is 0 Å². The third-order valence-electron chi connectivity index (χ3n) is 2.57. The average Bonchev–Trinajstić information content (AvgIpc) is 2.40. The standard InChI is InChI=1S/C13H13FN2O2/c1-18-13-3-2-9(6-10(13)14)7-12(17)11-8-15-4-5-16-11/h2-6,8,12,17H,7H2,1H3. The number of hydrogen-bond donors (Lipinski definition) is 1. The molecule has 2 rings (SSSR count). The molecule has 0 spiro atoms. The van der Waals surface area contributed by atoms with Crippen molar-refractivity contribution in [3.63, 3.8) is 0 Å². The third-order valence-corrected chi connectivity index (χ3v) is 2.57. The van der Waals surface area contributed by atoms with Gasteiger partial charge < -0.3 is 9.84 Å². The molecule has 18 heavy (non-hydrogen) atoms. The molecule has 0 radical (unpaired) electrons. The molecular formula is C13H13FN2O2. The fourth-order valence-electron chi connectivity index (χ4n) is 1.65. The summed E-state index contributed by atoms with van der Waals surface area (Å²) in [6, 6.07) is 4.59. The van der Waals surface area contributed by atoms with Crippen LogP contribution in [-0.2, 0) is 6.42 Å². The highest BCUT2D eigenvalue weighted by Crippen LogP contribution is 2.21. The van der Waals surface area contributed by atoms with E-state index in [0.29, 0.717) is 11.3 Å². The molecular weight excluding hydrogens is 235 g/mol. The van der Waals surface area contributed by atoms with Gasteiger partial charge in [0.25, 0.3) is 0 Å². The zero-order valence-corrected chi connectivity index (χ0v) is 9.88. The van der Waals surface area contributed by atoms with Gasteiger partial charge in [0.05, 0.1) is 19.0 Å². The minimum absolute atomic E-state index is 0.188. The molecule has 0 aliphatic heterocycles. The second kappa shape index (κ2) is 5.55. The predicted octanol–water partition coefficient (Wildman–Crippen LogP) is 1.90. The van der Waals surface area contributed by atoms with E-state index in [0.717, 1.165) is 0 Å². The van der Waals surface area contributed by atoms with Crippen molar-refractivity contribution in [3.05, 3.63) is 53.9 Å². The summed E-state index contributed by atoms with van der Waals surface area (Å²) >= 11 is 0. The lowest BCUT2D eigenvalue weighted by Crippen LogP contribution is -2.04. The van der Waals surface area contributed by atoms with E-state index >= 15 is 0 Å². The summed E-state index contributed by atoms with van der Waals surface area (Å²) in [6.07, 6.45) is 4.01. The number of benzene rings is 1. The molecule has 4 nitrogen and oxygen atoms in total. The monoisotopic (exact) mass is 248 g/mol. The summed E-state index contributed by atoms with van der Waals surface area (Å²) in [6.45, 7) is 0. The van der Waals surface area contributed by atoms with Crippen molar-refractivity contribution in [2.45, 2.75) is 12.5 Å². The number of aromatic nitrogens is 2. The Bertz CT molecular complexity index is 520. The molecule has 1 aromatic carbocycles. The number of ether oxygens (including phenoxy) is 1. The van der Waals surface area contributed by atoms with Crippen LogP contribution in [0.15, 0.2) is 36.8 Å². The van der Waals surface area contributed by atoms with Crippen LogP contribution in [0.5, 0.6) is 5.75 Å². The number of halogens is 1. The fraction of sp³-hybridized carbons (Fsp3) is 0.231. The molecule has 1 heterocycles. The van der Waals surface area contributed by atoms with Crippen LogP contribution < -0.4 is 4.74 Å². The molecule has 0 aliphatic carbocycles. The lowest BCUT2D eigenvalue weighted by Gasteiger charge is -2.10. The van der Waals surface area contributed by atoms with Crippen LogP contribution in [0.2, 0.25) is 0 Å². The molecule has 1 atom stereocenters. The van der Waals surface area contributed by atoms with Gasteiger partial charge in [0, 0.05) is 18.8 Å². The maximum absolute atomic E-state index is 13.5. The Kier molecular flexibility index (Phi) is 3.84. The zero-order valence-electron chi connectivity index (χ0n) is 9.88. The summed E-state index contributed by atoms with van der Waals surface area (Å²) in [5.74, 6) is -0.255. The topological polar surface area (TPSA) is 55.2 Å². The van der Waals surface area contributed by atoms with E-state index in [9.17, 15) is 9.50 Å². The van der Waals surface area contributed by atoms with Gasteiger partial charge in [-0.15, -0.1) is 0 Å².